The third-order valence-corrected chi connectivity index (χ3v) is 4.63. The molecule has 0 spiro atoms. The number of benzene rings is 1. The van der Waals surface area contributed by atoms with Crippen molar-refractivity contribution >= 4 is 27.9 Å². The predicted molar refractivity (Wildman–Crippen MR) is 88.6 cm³/mol. The highest BCUT2D eigenvalue weighted by atomic mass is 79.9. The minimum Gasteiger partial charge on any atom is -0.368 e. The number of halogens is 1. The lowest BCUT2D eigenvalue weighted by Gasteiger charge is -2.33. The monoisotopic (exact) mass is 337 g/mol. The number of hydrogen-bond donors (Lipinski definition) is 0. The van der Waals surface area contributed by atoms with Gasteiger partial charge in [0.1, 0.15) is 0 Å². The van der Waals surface area contributed by atoms with Gasteiger partial charge in [0.25, 0.3) is 0 Å². The zero-order chi connectivity index (χ0) is 14.5. The molecule has 1 aliphatic rings. The topological polar surface area (TPSA) is 20.3 Å². The van der Waals surface area contributed by atoms with E-state index in [0.717, 1.165) is 28.6 Å². The lowest BCUT2D eigenvalue weighted by atomic mass is 10.1. The van der Waals surface area contributed by atoms with Gasteiger partial charge >= 0.3 is 0 Å². The summed E-state index contributed by atoms with van der Waals surface area (Å²) in [7, 11) is 0. The molecule has 0 aliphatic heterocycles. The van der Waals surface area contributed by atoms with Gasteiger partial charge in [-0.1, -0.05) is 42.6 Å². The van der Waals surface area contributed by atoms with Crippen molar-refractivity contribution in [3.63, 3.8) is 0 Å². The van der Waals surface area contributed by atoms with Gasteiger partial charge in [0.2, 0.25) is 0 Å². The Labute approximate surface area is 130 Å². The molecule has 0 atom stereocenters. The summed E-state index contributed by atoms with van der Waals surface area (Å²) in [6.07, 6.45) is 7.28. The highest BCUT2D eigenvalue weighted by Gasteiger charge is 2.24. The fourth-order valence-electron chi connectivity index (χ4n) is 2.98. The van der Waals surface area contributed by atoms with Crippen LogP contribution in [-0.2, 0) is 0 Å². The van der Waals surface area contributed by atoms with Crippen LogP contribution >= 0.6 is 15.9 Å². The summed E-state index contributed by atoms with van der Waals surface area (Å²) < 4.78 is 1.05. The summed E-state index contributed by atoms with van der Waals surface area (Å²) in [5.74, 6) is 0.686. The number of rotatable bonds is 6. The lowest BCUT2D eigenvalue weighted by Crippen LogP contribution is -2.35. The van der Waals surface area contributed by atoms with Crippen molar-refractivity contribution in [1.82, 2.24) is 0 Å². The maximum absolute atomic E-state index is 11.4. The molecule has 1 saturated carbocycles. The predicted octanol–water partition coefficient (Wildman–Crippen LogP) is 5.06. The van der Waals surface area contributed by atoms with E-state index in [1.807, 2.05) is 12.1 Å². The van der Waals surface area contributed by atoms with Crippen molar-refractivity contribution in [2.75, 3.05) is 11.4 Å². The van der Waals surface area contributed by atoms with E-state index in [4.69, 9.17) is 0 Å². The molecule has 1 aromatic rings. The summed E-state index contributed by atoms with van der Waals surface area (Å²) in [6.45, 7) is 5.56. The average molecular weight is 338 g/mol. The summed E-state index contributed by atoms with van der Waals surface area (Å²) in [6, 6.07) is 6.57. The molecular weight excluding hydrogens is 314 g/mol. The highest BCUT2D eigenvalue weighted by Crippen LogP contribution is 2.32. The van der Waals surface area contributed by atoms with Gasteiger partial charge in [0.15, 0.2) is 6.29 Å². The first kappa shape index (κ1) is 15.6. The van der Waals surface area contributed by atoms with Crippen molar-refractivity contribution in [3.8, 4) is 0 Å². The van der Waals surface area contributed by atoms with Crippen molar-refractivity contribution in [2.45, 2.75) is 52.0 Å². The van der Waals surface area contributed by atoms with Crippen LogP contribution in [0.5, 0.6) is 0 Å². The van der Waals surface area contributed by atoms with Crippen LogP contribution in [0.15, 0.2) is 22.7 Å². The van der Waals surface area contributed by atoms with Gasteiger partial charge in [0, 0.05) is 28.3 Å². The number of carbonyl (C=O) groups excluding carboxylic acids is 1. The van der Waals surface area contributed by atoms with Gasteiger partial charge in [0.05, 0.1) is 0 Å². The number of aldehydes is 1. The first-order valence-electron chi connectivity index (χ1n) is 7.63. The Morgan fingerprint density at radius 3 is 2.65 bits per heavy atom. The van der Waals surface area contributed by atoms with E-state index in [-0.39, 0.29) is 0 Å². The molecule has 3 heteroatoms. The van der Waals surface area contributed by atoms with Crippen LogP contribution in [0.25, 0.3) is 0 Å². The second-order valence-corrected chi connectivity index (χ2v) is 7.05. The van der Waals surface area contributed by atoms with E-state index in [1.165, 1.54) is 32.1 Å². The minimum atomic E-state index is 0.599. The third-order valence-electron chi connectivity index (χ3n) is 4.14. The average Bonchev–Trinajstić information content (AvgIpc) is 2.93. The SMILES string of the molecule is CC(C)CCN(c1cc(Br)ccc1C=O)C1CCCC1. The molecule has 0 radical (unpaired) electrons. The Bertz CT molecular complexity index is 452. The molecule has 0 saturated heterocycles. The Kier molecular flexibility index (Phi) is 5.64. The summed E-state index contributed by atoms with van der Waals surface area (Å²) >= 11 is 3.54. The molecule has 0 unspecified atom stereocenters. The smallest absolute Gasteiger partial charge is 0.152 e. The number of carbonyl (C=O) groups is 1. The molecule has 1 aliphatic carbocycles. The van der Waals surface area contributed by atoms with Gasteiger partial charge in [-0.3, -0.25) is 4.79 Å². The summed E-state index contributed by atoms with van der Waals surface area (Å²) in [5, 5.41) is 0. The van der Waals surface area contributed by atoms with E-state index >= 15 is 0 Å². The molecule has 20 heavy (non-hydrogen) atoms. The normalized spacial score (nSPS) is 15.8. The number of hydrogen-bond acceptors (Lipinski definition) is 2. The van der Waals surface area contributed by atoms with Crippen LogP contribution in [-0.4, -0.2) is 18.9 Å². The summed E-state index contributed by atoms with van der Waals surface area (Å²) in [4.78, 5) is 13.8. The van der Waals surface area contributed by atoms with E-state index in [1.54, 1.807) is 0 Å². The van der Waals surface area contributed by atoms with Gasteiger partial charge < -0.3 is 4.90 Å². The Hall–Kier alpha value is -0.830. The van der Waals surface area contributed by atoms with Crippen LogP contribution in [0.4, 0.5) is 5.69 Å². The zero-order valence-electron chi connectivity index (χ0n) is 12.4. The lowest BCUT2D eigenvalue weighted by molar-refractivity contribution is 0.112. The largest absolute Gasteiger partial charge is 0.368 e. The number of anilines is 1. The third kappa shape index (κ3) is 3.85. The molecule has 2 rings (SSSR count). The van der Waals surface area contributed by atoms with Crippen molar-refractivity contribution < 1.29 is 4.79 Å². The van der Waals surface area contributed by atoms with Crippen molar-refractivity contribution in [3.05, 3.63) is 28.2 Å². The molecular formula is C17H24BrNO. The van der Waals surface area contributed by atoms with Crippen molar-refractivity contribution in [1.29, 1.82) is 0 Å². The second-order valence-electron chi connectivity index (χ2n) is 6.14. The van der Waals surface area contributed by atoms with Crippen LogP contribution in [0.2, 0.25) is 0 Å². The molecule has 0 heterocycles. The first-order chi connectivity index (χ1) is 9.61. The maximum Gasteiger partial charge on any atom is 0.152 e. The van der Waals surface area contributed by atoms with E-state index in [2.05, 4.69) is 40.7 Å². The molecule has 0 amide bonds. The number of nitrogens with zero attached hydrogens (tertiary/aromatic N) is 1. The summed E-state index contributed by atoms with van der Waals surface area (Å²) in [5.41, 5.74) is 1.91. The molecule has 1 aromatic carbocycles. The Balaban J connectivity index is 2.28. The molecule has 0 N–H and O–H groups in total. The second kappa shape index (κ2) is 7.26. The van der Waals surface area contributed by atoms with Crippen LogP contribution < -0.4 is 4.90 Å². The van der Waals surface area contributed by atoms with E-state index < -0.39 is 0 Å². The van der Waals surface area contributed by atoms with Gasteiger partial charge in [-0.25, -0.2) is 0 Å². The molecule has 0 bridgehead atoms. The Morgan fingerprint density at radius 2 is 2.05 bits per heavy atom. The van der Waals surface area contributed by atoms with Crippen LogP contribution in [0.1, 0.15) is 56.3 Å². The maximum atomic E-state index is 11.4. The van der Waals surface area contributed by atoms with E-state index in [9.17, 15) is 4.79 Å². The molecule has 2 nitrogen and oxygen atoms in total. The first-order valence-corrected chi connectivity index (χ1v) is 8.42. The Morgan fingerprint density at radius 1 is 1.35 bits per heavy atom. The minimum absolute atomic E-state index is 0.599. The van der Waals surface area contributed by atoms with E-state index in [0.29, 0.717) is 12.0 Å². The van der Waals surface area contributed by atoms with Crippen LogP contribution in [0.3, 0.4) is 0 Å². The highest BCUT2D eigenvalue weighted by molar-refractivity contribution is 9.10. The van der Waals surface area contributed by atoms with Crippen LogP contribution in [0, 0.1) is 5.92 Å². The van der Waals surface area contributed by atoms with Gasteiger partial charge in [-0.05, 0) is 43.4 Å². The zero-order valence-corrected chi connectivity index (χ0v) is 14.0. The fraction of sp³-hybridized carbons (Fsp3) is 0.588. The quantitative estimate of drug-likeness (QED) is 0.676. The molecule has 1 fully saturated rings. The van der Waals surface area contributed by atoms with Crippen molar-refractivity contribution in [2.24, 2.45) is 5.92 Å². The fourth-order valence-corrected chi connectivity index (χ4v) is 3.33. The standard InChI is InChI=1S/C17H24BrNO/c1-13(2)9-10-19(16-5-3-4-6-16)17-11-15(18)8-7-14(17)12-20/h7-8,11-13,16H,3-6,9-10H2,1-2H3. The van der Waals surface area contributed by atoms with Gasteiger partial charge in [-0.15, -0.1) is 0 Å². The van der Waals surface area contributed by atoms with Gasteiger partial charge in [-0.2, -0.15) is 0 Å². The molecule has 0 aromatic heterocycles. The molecule has 110 valence electrons.